The fourth-order valence-electron chi connectivity index (χ4n) is 2.22. The summed E-state index contributed by atoms with van der Waals surface area (Å²) in [6.45, 7) is 4.04. The quantitative estimate of drug-likeness (QED) is 0.685. The van der Waals surface area contributed by atoms with Crippen molar-refractivity contribution in [3.63, 3.8) is 0 Å². The zero-order valence-corrected chi connectivity index (χ0v) is 15.3. The van der Waals surface area contributed by atoms with Gasteiger partial charge in [0.05, 0.1) is 18.4 Å². The zero-order chi connectivity index (χ0) is 16.8. The smallest absolute Gasteiger partial charge is 0.337 e. The number of methoxy groups -OCH3 is 1. The van der Waals surface area contributed by atoms with E-state index < -0.39 is 21.5 Å². The van der Waals surface area contributed by atoms with E-state index in [2.05, 4.69) is 9.46 Å². The third-order valence-electron chi connectivity index (χ3n) is 3.82. The van der Waals surface area contributed by atoms with Crippen LogP contribution in [0.5, 0.6) is 0 Å². The number of hydrogen-bond donors (Lipinski definition) is 2. The standard InChI is InChI=1S/C15H24N2O4S.ClH/c1-4-15(5-2,11-16)17-22(19,20)10-12-7-6-8-13(9-12)14(18)21-3;/h6-9,17H,4-5,10-11,16H2,1-3H3;1H. The summed E-state index contributed by atoms with van der Waals surface area (Å²) >= 11 is 0. The van der Waals surface area contributed by atoms with Crippen molar-refractivity contribution >= 4 is 28.4 Å². The molecule has 0 radical (unpaired) electrons. The van der Waals surface area contributed by atoms with Crippen molar-refractivity contribution in [1.29, 1.82) is 0 Å². The van der Waals surface area contributed by atoms with Crippen molar-refractivity contribution < 1.29 is 17.9 Å². The fourth-order valence-corrected chi connectivity index (χ4v) is 3.94. The molecule has 0 atom stereocenters. The molecule has 0 amide bonds. The molecule has 0 aliphatic rings. The molecule has 1 aromatic carbocycles. The van der Waals surface area contributed by atoms with Crippen LogP contribution in [0.15, 0.2) is 24.3 Å². The number of carbonyl (C=O) groups is 1. The Labute approximate surface area is 144 Å². The van der Waals surface area contributed by atoms with Crippen LogP contribution in [0.4, 0.5) is 0 Å². The van der Waals surface area contributed by atoms with Gasteiger partial charge in [-0.15, -0.1) is 12.4 Å². The zero-order valence-electron chi connectivity index (χ0n) is 13.7. The predicted molar refractivity (Wildman–Crippen MR) is 93.2 cm³/mol. The average Bonchev–Trinajstić information content (AvgIpc) is 2.51. The van der Waals surface area contributed by atoms with E-state index in [1.54, 1.807) is 18.2 Å². The molecule has 0 heterocycles. The summed E-state index contributed by atoms with van der Waals surface area (Å²) in [6, 6.07) is 6.39. The van der Waals surface area contributed by atoms with E-state index in [1.807, 2.05) is 13.8 Å². The largest absolute Gasteiger partial charge is 0.465 e. The Hall–Kier alpha value is -1.15. The molecule has 3 N–H and O–H groups in total. The van der Waals surface area contributed by atoms with Gasteiger partial charge in [0.2, 0.25) is 10.0 Å². The Kier molecular flexibility index (Phi) is 8.76. The summed E-state index contributed by atoms with van der Waals surface area (Å²) in [4.78, 5) is 11.5. The Morgan fingerprint density at radius 3 is 2.39 bits per heavy atom. The van der Waals surface area contributed by atoms with Crippen LogP contribution < -0.4 is 10.5 Å². The number of carbonyl (C=O) groups excluding carboxylic acids is 1. The first-order valence-corrected chi connectivity index (χ1v) is 8.85. The topological polar surface area (TPSA) is 98.5 Å². The van der Waals surface area contributed by atoms with Gasteiger partial charge in [0.1, 0.15) is 0 Å². The third-order valence-corrected chi connectivity index (χ3v) is 5.28. The molecule has 0 aromatic heterocycles. The van der Waals surface area contributed by atoms with Gasteiger partial charge in [-0.25, -0.2) is 17.9 Å². The number of halogens is 1. The maximum Gasteiger partial charge on any atom is 0.337 e. The van der Waals surface area contributed by atoms with Crippen molar-refractivity contribution in [2.75, 3.05) is 13.7 Å². The molecule has 0 aliphatic carbocycles. The number of sulfonamides is 1. The molecule has 0 aliphatic heterocycles. The lowest BCUT2D eigenvalue weighted by molar-refractivity contribution is 0.0600. The summed E-state index contributed by atoms with van der Waals surface area (Å²) in [5, 5.41) is 0. The second-order valence-electron chi connectivity index (χ2n) is 5.24. The number of hydrogen-bond acceptors (Lipinski definition) is 5. The van der Waals surface area contributed by atoms with Gasteiger partial charge in [0.25, 0.3) is 0 Å². The second kappa shape index (κ2) is 9.22. The van der Waals surface area contributed by atoms with Gasteiger partial charge in [-0.2, -0.15) is 0 Å². The summed E-state index contributed by atoms with van der Waals surface area (Å²) in [7, 11) is -2.28. The Balaban J connectivity index is 0.00000484. The van der Waals surface area contributed by atoms with Crippen LogP contribution in [0.1, 0.15) is 42.6 Å². The molecule has 0 spiro atoms. The monoisotopic (exact) mass is 364 g/mol. The first-order valence-electron chi connectivity index (χ1n) is 7.20. The molecule has 0 saturated heterocycles. The van der Waals surface area contributed by atoms with Gasteiger partial charge in [-0.3, -0.25) is 0 Å². The molecule has 132 valence electrons. The van der Waals surface area contributed by atoms with E-state index in [1.165, 1.54) is 13.2 Å². The van der Waals surface area contributed by atoms with Crippen molar-refractivity contribution in [3.05, 3.63) is 35.4 Å². The third kappa shape index (κ3) is 6.10. The second-order valence-corrected chi connectivity index (χ2v) is 6.97. The lowest BCUT2D eigenvalue weighted by Crippen LogP contribution is -2.53. The molecule has 0 fully saturated rings. The molecule has 1 rings (SSSR count). The summed E-state index contributed by atoms with van der Waals surface area (Å²) in [6.07, 6.45) is 1.23. The fraction of sp³-hybridized carbons (Fsp3) is 0.533. The van der Waals surface area contributed by atoms with Crippen LogP contribution in [-0.4, -0.2) is 33.6 Å². The van der Waals surface area contributed by atoms with Gasteiger partial charge in [-0.1, -0.05) is 26.0 Å². The van der Waals surface area contributed by atoms with E-state index in [0.717, 1.165) is 0 Å². The van der Waals surface area contributed by atoms with Crippen molar-refractivity contribution in [2.45, 2.75) is 38.0 Å². The number of benzene rings is 1. The summed E-state index contributed by atoms with van der Waals surface area (Å²) in [5.74, 6) is -0.704. The SMILES string of the molecule is CCC(CC)(CN)NS(=O)(=O)Cc1cccc(C(=O)OC)c1.Cl. The van der Waals surface area contributed by atoms with E-state index in [-0.39, 0.29) is 24.7 Å². The molecule has 23 heavy (non-hydrogen) atoms. The molecule has 8 heteroatoms. The number of rotatable bonds is 8. The normalized spacial score (nSPS) is 11.7. The van der Waals surface area contributed by atoms with E-state index >= 15 is 0 Å². The highest BCUT2D eigenvalue weighted by Gasteiger charge is 2.29. The molecule has 0 saturated carbocycles. The molecule has 1 aromatic rings. The molecular weight excluding hydrogens is 340 g/mol. The molecule has 0 unspecified atom stereocenters. The highest BCUT2D eigenvalue weighted by Crippen LogP contribution is 2.17. The minimum absolute atomic E-state index is 0. The maximum absolute atomic E-state index is 12.4. The molecule has 6 nitrogen and oxygen atoms in total. The maximum atomic E-state index is 12.4. The van der Waals surface area contributed by atoms with Crippen LogP contribution in [-0.2, 0) is 20.5 Å². The average molecular weight is 365 g/mol. The van der Waals surface area contributed by atoms with E-state index in [9.17, 15) is 13.2 Å². The van der Waals surface area contributed by atoms with Crippen LogP contribution in [0, 0.1) is 0 Å². The van der Waals surface area contributed by atoms with Crippen molar-refractivity contribution in [2.24, 2.45) is 5.73 Å². The number of esters is 1. The van der Waals surface area contributed by atoms with Gasteiger partial charge in [0.15, 0.2) is 0 Å². The number of nitrogens with two attached hydrogens (primary N) is 1. The molecule has 0 bridgehead atoms. The Bertz CT molecular complexity index is 607. The van der Waals surface area contributed by atoms with Gasteiger partial charge < -0.3 is 10.5 Å². The molecular formula is C15H25ClN2O4S. The van der Waals surface area contributed by atoms with Crippen LogP contribution in [0.3, 0.4) is 0 Å². The van der Waals surface area contributed by atoms with Gasteiger partial charge in [-0.05, 0) is 30.5 Å². The van der Waals surface area contributed by atoms with E-state index in [0.29, 0.717) is 24.0 Å². The summed E-state index contributed by atoms with van der Waals surface area (Å²) in [5.41, 5.74) is 5.94. The highest BCUT2D eigenvalue weighted by atomic mass is 35.5. The summed E-state index contributed by atoms with van der Waals surface area (Å²) < 4.78 is 32.1. The minimum atomic E-state index is -3.56. The lowest BCUT2D eigenvalue weighted by Gasteiger charge is -2.31. The number of ether oxygens (including phenoxy) is 1. The van der Waals surface area contributed by atoms with Gasteiger partial charge in [0, 0.05) is 12.1 Å². The van der Waals surface area contributed by atoms with Crippen molar-refractivity contribution in [3.8, 4) is 0 Å². The Morgan fingerprint density at radius 1 is 1.30 bits per heavy atom. The van der Waals surface area contributed by atoms with Crippen LogP contribution in [0.25, 0.3) is 0 Å². The van der Waals surface area contributed by atoms with Crippen LogP contribution >= 0.6 is 12.4 Å². The lowest BCUT2D eigenvalue weighted by atomic mass is 9.95. The Morgan fingerprint density at radius 2 is 1.91 bits per heavy atom. The number of nitrogens with one attached hydrogen (secondary N) is 1. The highest BCUT2D eigenvalue weighted by molar-refractivity contribution is 7.88. The predicted octanol–water partition coefficient (Wildman–Crippen LogP) is 1.83. The first kappa shape index (κ1) is 21.9. The minimum Gasteiger partial charge on any atom is -0.465 e. The first-order chi connectivity index (χ1) is 10.3. The van der Waals surface area contributed by atoms with E-state index in [4.69, 9.17) is 5.73 Å². The van der Waals surface area contributed by atoms with Crippen molar-refractivity contribution in [1.82, 2.24) is 4.72 Å². The van der Waals surface area contributed by atoms with Gasteiger partial charge >= 0.3 is 5.97 Å². The van der Waals surface area contributed by atoms with Crippen LogP contribution in [0.2, 0.25) is 0 Å².